The Hall–Kier alpha value is -3.32. The SMILES string of the molecule is CC/C=C\C/C=C\C/C=C\CCCCCCCC(=O)OCC(COC1OC(C(=O)O)C(O)C(O)C1OC(=O)CCCCCCC/C=C\CCCCCCCC)OC(=O)CCCCCCCCCCCCCCC. The third kappa shape index (κ3) is 39.7. The largest absolute Gasteiger partial charge is 0.479 e. The summed E-state index contributed by atoms with van der Waals surface area (Å²) >= 11 is 0. The van der Waals surface area contributed by atoms with Crippen molar-refractivity contribution in [2.24, 2.45) is 0 Å². The molecule has 0 aliphatic carbocycles. The minimum Gasteiger partial charge on any atom is -0.479 e. The maximum atomic E-state index is 13.1. The van der Waals surface area contributed by atoms with Crippen molar-refractivity contribution < 1.29 is 58.2 Å². The maximum Gasteiger partial charge on any atom is 0.335 e. The molecule has 1 heterocycles. The number of ether oxygens (including phenoxy) is 5. The zero-order valence-electron chi connectivity index (χ0n) is 46.4. The zero-order valence-corrected chi connectivity index (χ0v) is 46.4. The molecule has 1 saturated heterocycles. The van der Waals surface area contributed by atoms with Crippen LogP contribution in [0, 0.1) is 0 Å². The molecule has 0 amide bonds. The van der Waals surface area contributed by atoms with Gasteiger partial charge in [-0.3, -0.25) is 14.4 Å². The van der Waals surface area contributed by atoms with Crippen LogP contribution in [0.15, 0.2) is 48.6 Å². The molecule has 1 aliphatic heterocycles. The van der Waals surface area contributed by atoms with E-state index in [0.29, 0.717) is 19.3 Å². The van der Waals surface area contributed by atoms with E-state index in [2.05, 4.69) is 69.4 Å². The first-order valence-electron chi connectivity index (χ1n) is 29.6. The number of esters is 3. The summed E-state index contributed by atoms with van der Waals surface area (Å²) in [5.41, 5.74) is 0. The van der Waals surface area contributed by atoms with Gasteiger partial charge in [-0.05, 0) is 77.0 Å². The summed E-state index contributed by atoms with van der Waals surface area (Å²) < 4.78 is 28.4. The molecule has 0 aromatic carbocycles. The second-order valence-corrected chi connectivity index (χ2v) is 20.3. The molecule has 0 spiro atoms. The van der Waals surface area contributed by atoms with E-state index in [4.69, 9.17) is 23.7 Å². The maximum absolute atomic E-state index is 13.1. The Morgan fingerprint density at radius 1 is 0.466 bits per heavy atom. The third-order valence-corrected chi connectivity index (χ3v) is 13.4. The number of rotatable bonds is 50. The van der Waals surface area contributed by atoms with Crippen molar-refractivity contribution in [3.05, 3.63) is 48.6 Å². The van der Waals surface area contributed by atoms with E-state index in [1.54, 1.807) is 0 Å². The summed E-state index contributed by atoms with van der Waals surface area (Å²) in [5.74, 6) is -3.13. The van der Waals surface area contributed by atoms with Gasteiger partial charge in [-0.2, -0.15) is 0 Å². The third-order valence-electron chi connectivity index (χ3n) is 13.4. The van der Waals surface area contributed by atoms with Gasteiger partial charge in [0.2, 0.25) is 0 Å². The lowest BCUT2D eigenvalue weighted by atomic mass is 9.98. The molecule has 6 unspecified atom stereocenters. The Balaban J connectivity index is 2.70. The minimum absolute atomic E-state index is 0.0507. The number of carbonyl (C=O) groups is 4. The second-order valence-electron chi connectivity index (χ2n) is 20.3. The number of carboxylic acids is 1. The molecular weight excluding hydrogens is 925 g/mol. The average molecular weight is 1030 g/mol. The van der Waals surface area contributed by atoms with Gasteiger partial charge in [-0.25, -0.2) is 4.79 Å². The van der Waals surface area contributed by atoms with Crippen LogP contribution in [0.5, 0.6) is 0 Å². The van der Waals surface area contributed by atoms with Crippen molar-refractivity contribution in [2.45, 2.75) is 302 Å². The second kappa shape index (κ2) is 49.6. The van der Waals surface area contributed by atoms with E-state index in [1.165, 1.54) is 96.3 Å². The Morgan fingerprint density at radius 3 is 1.33 bits per heavy atom. The molecule has 6 atom stereocenters. The molecule has 12 nitrogen and oxygen atoms in total. The normalized spacial score (nSPS) is 18.6. The van der Waals surface area contributed by atoms with Gasteiger partial charge >= 0.3 is 23.9 Å². The van der Waals surface area contributed by atoms with Crippen molar-refractivity contribution in [1.29, 1.82) is 0 Å². The lowest BCUT2D eigenvalue weighted by Crippen LogP contribution is -2.61. The van der Waals surface area contributed by atoms with Gasteiger partial charge in [-0.15, -0.1) is 0 Å². The lowest BCUT2D eigenvalue weighted by molar-refractivity contribution is -0.301. The first kappa shape index (κ1) is 67.7. The van der Waals surface area contributed by atoms with Crippen LogP contribution in [-0.4, -0.2) is 89.2 Å². The number of aliphatic hydroxyl groups is 2. The van der Waals surface area contributed by atoms with Gasteiger partial charge in [0, 0.05) is 19.3 Å². The van der Waals surface area contributed by atoms with Crippen molar-refractivity contribution >= 4 is 23.9 Å². The fraction of sp³-hybridized carbons (Fsp3) is 0.803. The Kier molecular flexibility index (Phi) is 45.9. The van der Waals surface area contributed by atoms with Crippen LogP contribution in [0.4, 0.5) is 0 Å². The van der Waals surface area contributed by atoms with Gasteiger partial charge in [0.15, 0.2) is 24.6 Å². The van der Waals surface area contributed by atoms with Crippen LogP contribution < -0.4 is 0 Å². The summed E-state index contributed by atoms with van der Waals surface area (Å²) in [6.45, 7) is 5.87. The highest BCUT2D eigenvalue weighted by Crippen LogP contribution is 2.26. The number of allylic oxidation sites excluding steroid dienone is 8. The summed E-state index contributed by atoms with van der Waals surface area (Å²) in [6, 6.07) is 0. The summed E-state index contributed by atoms with van der Waals surface area (Å²) in [5, 5.41) is 31.5. The number of hydrogen-bond acceptors (Lipinski definition) is 11. The molecule has 12 heteroatoms. The Bertz CT molecular complexity index is 1460. The van der Waals surface area contributed by atoms with Crippen LogP contribution in [0.3, 0.4) is 0 Å². The summed E-state index contributed by atoms with van der Waals surface area (Å²) in [6.07, 6.45) is 46.5. The molecule has 3 N–H and O–H groups in total. The molecule has 0 saturated carbocycles. The molecule has 0 bridgehead atoms. The number of aliphatic carboxylic acids is 1. The molecule has 73 heavy (non-hydrogen) atoms. The lowest BCUT2D eigenvalue weighted by Gasteiger charge is -2.40. The van der Waals surface area contributed by atoms with E-state index < -0.39 is 67.3 Å². The van der Waals surface area contributed by atoms with Gasteiger partial charge in [0.1, 0.15) is 18.8 Å². The first-order valence-corrected chi connectivity index (χ1v) is 29.6. The van der Waals surface area contributed by atoms with E-state index in [1.807, 2.05) is 0 Å². The van der Waals surface area contributed by atoms with Crippen molar-refractivity contribution in [3.8, 4) is 0 Å². The molecule has 0 radical (unpaired) electrons. The molecule has 1 aliphatic rings. The highest BCUT2D eigenvalue weighted by atomic mass is 16.7. The monoisotopic (exact) mass is 1030 g/mol. The van der Waals surface area contributed by atoms with E-state index in [0.717, 1.165) is 109 Å². The van der Waals surface area contributed by atoms with Crippen molar-refractivity contribution in [2.75, 3.05) is 13.2 Å². The highest BCUT2D eigenvalue weighted by molar-refractivity contribution is 5.74. The van der Waals surface area contributed by atoms with Gasteiger partial charge in [0.05, 0.1) is 6.61 Å². The topological polar surface area (TPSA) is 175 Å². The summed E-state index contributed by atoms with van der Waals surface area (Å²) in [7, 11) is 0. The number of aliphatic hydroxyl groups excluding tert-OH is 2. The number of carbonyl (C=O) groups excluding carboxylic acids is 3. The fourth-order valence-electron chi connectivity index (χ4n) is 8.85. The Morgan fingerprint density at radius 2 is 0.863 bits per heavy atom. The van der Waals surface area contributed by atoms with Crippen LogP contribution >= 0.6 is 0 Å². The van der Waals surface area contributed by atoms with Gasteiger partial charge in [-0.1, -0.05) is 217 Å². The molecule has 422 valence electrons. The van der Waals surface area contributed by atoms with E-state index in [-0.39, 0.29) is 25.9 Å². The van der Waals surface area contributed by atoms with Crippen LogP contribution in [0.1, 0.15) is 265 Å². The minimum atomic E-state index is -1.91. The van der Waals surface area contributed by atoms with Gasteiger partial charge < -0.3 is 39.0 Å². The number of unbranched alkanes of at least 4 members (excludes halogenated alkanes) is 28. The molecule has 0 aromatic heterocycles. The van der Waals surface area contributed by atoms with Crippen LogP contribution in [-0.2, 0) is 42.9 Å². The van der Waals surface area contributed by atoms with Crippen molar-refractivity contribution in [3.63, 3.8) is 0 Å². The van der Waals surface area contributed by atoms with Crippen LogP contribution in [0.25, 0.3) is 0 Å². The molecule has 1 rings (SSSR count). The fourth-order valence-corrected chi connectivity index (χ4v) is 8.85. The first-order chi connectivity index (χ1) is 35.6. The van der Waals surface area contributed by atoms with Crippen molar-refractivity contribution in [1.82, 2.24) is 0 Å². The van der Waals surface area contributed by atoms with E-state index in [9.17, 15) is 34.5 Å². The Labute approximate surface area is 443 Å². The highest BCUT2D eigenvalue weighted by Gasteiger charge is 2.50. The average Bonchev–Trinajstić information content (AvgIpc) is 3.37. The molecule has 0 aromatic rings. The number of carboxylic acid groups (broad SMARTS) is 1. The quantitative estimate of drug-likeness (QED) is 0.0228. The molecule has 1 fully saturated rings. The van der Waals surface area contributed by atoms with Crippen LogP contribution in [0.2, 0.25) is 0 Å². The predicted molar refractivity (Wildman–Crippen MR) is 294 cm³/mol. The standard InChI is InChI=1S/C61H106O12/c1-4-7-10-13-16-19-22-25-27-30-32-35-38-41-44-47-53(62)69-50-52(71-54(63)48-45-42-39-36-33-29-24-21-18-15-12-9-6-3)51-70-61-59(57(66)56(65)58(73-61)60(67)68)72-55(64)49-46-43-40-37-34-31-28-26-23-20-17-14-11-8-5-2/h7,10,16,19,25-28,52,56-59,61,65-66H,4-6,8-9,11-15,17-18,20-24,29-51H2,1-3H3,(H,67,68)/b10-7-,19-16-,27-25-,28-26-. The van der Waals surface area contributed by atoms with Gasteiger partial charge in [0.25, 0.3) is 0 Å². The van der Waals surface area contributed by atoms with E-state index >= 15 is 0 Å². The smallest absolute Gasteiger partial charge is 0.335 e. The summed E-state index contributed by atoms with van der Waals surface area (Å²) in [4.78, 5) is 51.1. The predicted octanol–water partition coefficient (Wildman–Crippen LogP) is 15.0. The number of hydrogen-bond donors (Lipinski definition) is 3. The zero-order chi connectivity index (χ0) is 53.3. The molecular formula is C61H106O12.